The summed E-state index contributed by atoms with van der Waals surface area (Å²) in [6.45, 7) is -0.190. The molecule has 0 radical (unpaired) electrons. The number of non-ortho nitro benzene ring substituents is 1. The van der Waals surface area contributed by atoms with Gasteiger partial charge in [0.05, 0.1) is 17.2 Å². The van der Waals surface area contributed by atoms with E-state index >= 15 is 0 Å². The first-order valence-corrected chi connectivity index (χ1v) is 7.13. The van der Waals surface area contributed by atoms with Crippen molar-refractivity contribution in [2.24, 2.45) is 0 Å². The van der Waals surface area contributed by atoms with Gasteiger partial charge in [0, 0.05) is 19.2 Å². The van der Waals surface area contributed by atoms with Gasteiger partial charge in [0.1, 0.15) is 4.90 Å². The second-order valence-corrected chi connectivity index (χ2v) is 5.59. The highest BCUT2D eigenvalue weighted by molar-refractivity contribution is 7.89. The number of aromatic nitrogens is 2. The van der Waals surface area contributed by atoms with Crippen molar-refractivity contribution in [2.75, 3.05) is 12.4 Å². The summed E-state index contributed by atoms with van der Waals surface area (Å²) in [5.41, 5.74) is -0.0878. The maximum Gasteiger partial charge on any atom is 0.270 e. The summed E-state index contributed by atoms with van der Waals surface area (Å²) in [5, 5.41) is 16.9. The fourth-order valence-corrected chi connectivity index (χ4v) is 2.77. The van der Waals surface area contributed by atoms with Crippen LogP contribution in [0.4, 0.5) is 11.4 Å². The van der Waals surface area contributed by atoms with Crippen LogP contribution in [0, 0.1) is 10.1 Å². The molecule has 1 heterocycles. The van der Waals surface area contributed by atoms with Crippen molar-refractivity contribution in [3.8, 4) is 0 Å². The van der Waals surface area contributed by atoms with Crippen molar-refractivity contribution in [3.63, 3.8) is 0 Å². The molecule has 0 aliphatic carbocycles. The predicted molar refractivity (Wildman–Crippen MR) is 71.0 cm³/mol. The number of rotatable bonds is 6. The molecule has 0 aliphatic rings. The van der Waals surface area contributed by atoms with Gasteiger partial charge in [-0.2, -0.15) is 4.98 Å². The second-order valence-electron chi connectivity index (χ2n) is 3.86. The Morgan fingerprint density at radius 3 is 2.76 bits per heavy atom. The van der Waals surface area contributed by atoms with Gasteiger partial charge in [-0.15, -0.1) is 0 Å². The van der Waals surface area contributed by atoms with Crippen LogP contribution in [0.2, 0.25) is 0 Å². The number of nitrogens with zero attached hydrogens (tertiary/aromatic N) is 3. The summed E-state index contributed by atoms with van der Waals surface area (Å²) in [6, 6.07) is 3.51. The van der Waals surface area contributed by atoms with Gasteiger partial charge in [0.15, 0.2) is 5.82 Å². The standard InChI is InChI=1S/C10H11N5O5S/c1-11-8-3-2-7(15(16)17)4-9(8)21(18,19)13-5-10-12-6-20-14-10/h2-4,6,11,13H,5H2,1H3. The van der Waals surface area contributed by atoms with Gasteiger partial charge < -0.3 is 9.84 Å². The molecule has 1 aromatic carbocycles. The van der Waals surface area contributed by atoms with E-state index in [9.17, 15) is 18.5 Å². The van der Waals surface area contributed by atoms with Crippen molar-refractivity contribution in [2.45, 2.75) is 11.4 Å². The van der Waals surface area contributed by atoms with Gasteiger partial charge in [0.25, 0.3) is 5.69 Å². The van der Waals surface area contributed by atoms with Crippen molar-refractivity contribution in [1.82, 2.24) is 14.9 Å². The van der Waals surface area contributed by atoms with E-state index in [1.165, 1.54) is 19.2 Å². The van der Waals surface area contributed by atoms with E-state index in [0.29, 0.717) is 0 Å². The summed E-state index contributed by atoms with van der Waals surface area (Å²) < 4.78 is 31.2. The minimum absolute atomic E-state index is 0.148. The quantitative estimate of drug-likeness (QED) is 0.580. The maximum atomic E-state index is 12.2. The fourth-order valence-electron chi connectivity index (χ4n) is 1.56. The molecule has 2 N–H and O–H groups in total. The maximum absolute atomic E-state index is 12.2. The van der Waals surface area contributed by atoms with Gasteiger partial charge in [-0.05, 0) is 6.07 Å². The topological polar surface area (TPSA) is 140 Å². The Hall–Kier alpha value is -2.53. The molecule has 21 heavy (non-hydrogen) atoms. The lowest BCUT2D eigenvalue weighted by Gasteiger charge is -2.10. The van der Waals surface area contributed by atoms with Crippen LogP contribution in [0.15, 0.2) is 34.0 Å². The highest BCUT2D eigenvalue weighted by atomic mass is 32.2. The summed E-state index contributed by atoms with van der Waals surface area (Å²) in [6.07, 6.45) is 1.07. The summed E-state index contributed by atoms with van der Waals surface area (Å²) in [7, 11) is -2.46. The van der Waals surface area contributed by atoms with Gasteiger partial charge in [0.2, 0.25) is 16.4 Å². The van der Waals surface area contributed by atoms with E-state index in [1.807, 2.05) is 0 Å². The third-order valence-electron chi connectivity index (χ3n) is 2.56. The monoisotopic (exact) mass is 313 g/mol. The molecule has 0 amide bonds. The van der Waals surface area contributed by atoms with Crippen molar-refractivity contribution in [3.05, 3.63) is 40.5 Å². The zero-order valence-corrected chi connectivity index (χ0v) is 11.6. The van der Waals surface area contributed by atoms with Gasteiger partial charge in [-0.1, -0.05) is 5.16 Å². The molecule has 0 bridgehead atoms. The van der Waals surface area contributed by atoms with Crippen LogP contribution in [0.5, 0.6) is 0 Å². The number of sulfonamides is 1. The van der Waals surface area contributed by atoms with E-state index in [2.05, 4.69) is 24.7 Å². The first-order valence-electron chi connectivity index (χ1n) is 5.65. The summed E-state index contributed by atoms with van der Waals surface area (Å²) in [5.74, 6) is 0.148. The molecule has 0 atom stereocenters. The zero-order valence-electron chi connectivity index (χ0n) is 10.8. The molecule has 0 aliphatic heterocycles. The zero-order chi connectivity index (χ0) is 15.5. The van der Waals surface area contributed by atoms with E-state index < -0.39 is 14.9 Å². The highest BCUT2D eigenvalue weighted by Gasteiger charge is 2.22. The van der Waals surface area contributed by atoms with Crippen LogP contribution >= 0.6 is 0 Å². The molecule has 0 spiro atoms. The van der Waals surface area contributed by atoms with Crippen LogP contribution in [0.3, 0.4) is 0 Å². The van der Waals surface area contributed by atoms with E-state index in [0.717, 1.165) is 12.5 Å². The smallest absolute Gasteiger partial charge is 0.270 e. The van der Waals surface area contributed by atoms with Crippen LogP contribution in [0.1, 0.15) is 5.82 Å². The van der Waals surface area contributed by atoms with Crippen molar-refractivity contribution in [1.29, 1.82) is 0 Å². The third kappa shape index (κ3) is 3.32. The van der Waals surface area contributed by atoms with Crippen LogP contribution < -0.4 is 10.0 Å². The largest absolute Gasteiger partial charge is 0.387 e. The predicted octanol–water partition coefficient (Wildman–Crippen LogP) is 0.498. The molecule has 10 nitrogen and oxygen atoms in total. The van der Waals surface area contributed by atoms with Gasteiger partial charge in [-0.3, -0.25) is 10.1 Å². The average molecular weight is 313 g/mol. The van der Waals surface area contributed by atoms with E-state index in [1.54, 1.807) is 0 Å². The SMILES string of the molecule is CNc1ccc([N+](=O)[O-])cc1S(=O)(=O)NCc1ncon1. The Labute approximate surface area is 119 Å². The van der Waals surface area contributed by atoms with Crippen molar-refractivity contribution < 1.29 is 17.9 Å². The number of hydrogen-bond donors (Lipinski definition) is 2. The number of anilines is 1. The molecule has 0 saturated carbocycles. The highest BCUT2D eigenvalue weighted by Crippen LogP contribution is 2.26. The molecule has 2 aromatic rings. The molecule has 112 valence electrons. The molecular formula is C10H11N5O5S. The molecular weight excluding hydrogens is 302 g/mol. The Kier molecular flexibility index (Phi) is 4.14. The Balaban J connectivity index is 2.33. The second kappa shape index (κ2) is 5.85. The van der Waals surface area contributed by atoms with E-state index in [-0.39, 0.29) is 28.6 Å². The van der Waals surface area contributed by atoms with Gasteiger partial charge in [-0.25, -0.2) is 13.1 Å². The van der Waals surface area contributed by atoms with Crippen LogP contribution in [-0.2, 0) is 16.6 Å². The molecule has 0 fully saturated rings. The summed E-state index contributed by atoms with van der Waals surface area (Å²) in [4.78, 5) is 13.5. The number of benzene rings is 1. The van der Waals surface area contributed by atoms with Gasteiger partial charge >= 0.3 is 0 Å². The number of nitrogens with one attached hydrogen (secondary N) is 2. The molecule has 0 unspecified atom stereocenters. The Morgan fingerprint density at radius 2 is 2.19 bits per heavy atom. The first kappa shape index (κ1) is 14.9. The number of hydrogen-bond acceptors (Lipinski definition) is 8. The van der Waals surface area contributed by atoms with Crippen LogP contribution in [-0.4, -0.2) is 30.5 Å². The molecule has 2 rings (SSSR count). The Morgan fingerprint density at radius 1 is 1.43 bits per heavy atom. The lowest BCUT2D eigenvalue weighted by atomic mass is 10.3. The van der Waals surface area contributed by atoms with E-state index in [4.69, 9.17) is 0 Å². The molecule has 1 aromatic heterocycles. The Bertz CT molecular complexity index is 743. The minimum Gasteiger partial charge on any atom is -0.387 e. The lowest BCUT2D eigenvalue weighted by Crippen LogP contribution is -2.24. The normalized spacial score (nSPS) is 11.3. The third-order valence-corrected chi connectivity index (χ3v) is 4.00. The molecule has 0 saturated heterocycles. The number of nitro benzene ring substituents is 1. The lowest BCUT2D eigenvalue weighted by molar-refractivity contribution is -0.385. The fraction of sp³-hybridized carbons (Fsp3) is 0.200. The number of nitro groups is 1. The average Bonchev–Trinajstić information content (AvgIpc) is 2.98. The molecule has 11 heteroatoms. The van der Waals surface area contributed by atoms with Crippen molar-refractivity contribution >= 4 is 21.4 Å². The summed E-state index contributed by atoms with van der Waals surface area (Å²) >= 11 is 0. The first-order chi connectivity index (χ1) is 9.94. The minimum atomic E-state index is -3.97. The van der Waals surface area contributed by atoms with Crippen LogP contribution in [0.25, 0.3) is 0 Å².